The molecule has 0 aliphatic heterocycles. The molecule has 0 rings (SSSR count). The summed E-state index contributed by atoms with van der Waals surface area (Å²) in [4.78, 5) is 0. The van der Waals surface area contributed by atoms with Crippen molar-refractivity contribution in [2.75, 3.05) is 6.54 Å². The Bertz CT molecular complexity index is 251. The lowest BCUT2D eigenvalue weighted by atomic mass is 10.8. The number of hydrogen-bond acceptors (Lipinski definition) is 4. The zero-order chi connectivity index (χ0) is 10.4. The van der Waals surface area contributed by atoms with Crippen molar-refractivity contribution in [1.29, 1.82) is 5.26 Å². The van der Waals surface area contributed by atoms with E-state index in [9.17, 15) is 13.2 Å². The van der Waals surface area contributed by atoms with Crippen LogP contribution in [0.15, 0.2) is 0 Å². The fraction of sp³-hybridized carbons (Fsp3) is 0.667. The highest BCUT2D eigenvalue weighted by Crippen LogP contribution is 2.20. The number of halogens is 3. The quantitative estimate of drug-likeness (QED) is 0.326. The standard InChI is InChI=1S/C2H4N2.CHF3O3S/c3-1-2-4;2-1(3,4)8(5,6)7/h1,3H2;(H,5,6,7). The maximum absolute atomic E-state index is 10.7. The van der Waals surface area contributed by atoms with Crippen LogP contribution >= 0.6 is 0 Å². The van der Waals surface area contributed by atoms with Crippen molar-refractivity contribution in [3.05, 3.63) is 0 Å². The molecule has 0 unspecified atom stereocenters. The van der Waals surface area contributed by atoms with Crippen molar-refractivity contribution >= 4 is 10.1 Å². The number of hydrogen-bond donors (Lipinski definition) is 2. The summed E-state index contributed by atoms with van der Waals surface area (Å²) in [6, 6.07) is 1.71. The van der Waals surface area contributed by atoms with Gasteiger partial charge in [-0.05, 0) is 0 Å². The lowest BCUT2D eigenvalue weighted by molar-refractivity contribution is -0.0510. The van der Waals surface area contributed by atoms with Crippen LogP contribution in [-0.2, 0) is 10.1 Å². The first-order chi connectivity index (χ1) is 5.16. The summed E-state index contributed by atoms with van der Waals surface area (Å²) in [5.74, 6) is 0. The van der Waals surface area contributed by atoms with Crippen LogP contribution in [0.1, 0.15) is 0 Å². The van der Waals surface area contributed by atoms with E-state index in [1.54, 1.807) is 6.07 Å². The van der Waals surface area contributed by atoms with Crippen molar-refractivity contribution < 1.29 is 26.1 Å². The van der Waals surface area contributed by atoms with Gasteiger partial charge >= 0.3 is 15.6 Å². The van der Waals surface area contributed by atoms with E-state index in [1.807, 2.05) is 0 Å². The molecule has 0 aromatic rings. The van der Waals surface area contributed by atoms with Crippen LogP contribution < -0.4 is 5.73 Å². The van der Waals surface area contributed by atoms with Gasteiger partial charge in [0.05, 0.1) is 12.6 Å². The third-order valence-electron chi connectivity index (χ3n) is 0.384. The fourth-order valence-electron chi connectivity index (χ4n) is 0. The molecule has 0 aliphatic carbocycles. The zero-order valence-corrected chi connectivity index (χ0v) is 6.35. The first-order valence-corrected chi connectivity index (χ1v) is 3.71. The number of rotatable bonds is 0. The van der Waals surface area contributed by atoms with E-state index in [0.717, 1.165) is 0 Å². The summed E-state index contributed by atoms with van der Waals surface area (Å²) < 4.78 is 57.5. The van der Waals surface area contributed by atoms with Gasteiger partial charge in [0.1, 0.15) is 0 Å². The van der Waals surface area contributed by atoms with E-state index in [2.05, 4.69) is 5.73 Å². The summed E-state index contributed by atoms with van der Waals surface area (Å²) in [6.45, 7) is 0.125. The van der Waals surface area contributed by atoms with Crippen LogP contribution in [0.2, 0.25) is 0 Å². The molecular formula is C3H5F3N2O3S. The molecule has 72 valence electrons. The second-order valence-corrected chi connectivity index (χ2v) is 2.70. The second-order valence-electron chi connectivity index (χ2n) is 1.28. The van der Waals surface area contributed by atoms with Gasteiger partial charge in [0.15, 0.2) is 0 Å². The van der Waals surface area contributed by atoms with E-state index in [4.69, 9.17) is 18.2 Å². The third kappa shape index (κ3) is 7.26. The smallest absolute Gasteiger partial charge is 0.318 e. The summed E-state index contributed by atoms with van der Waals surface area (Å²) in [6.07, 6.45) is 0. The molecule has 0 aliphatic rings. The van der Waals surface area contributed by atoms with Gasteiger partial charge < -0.3 is 5.73 Å². The predicted octanol–water partition coefficient (Wildman–Crippen LogP) is -0.137. The second kappa shape index (κ2) is 4.91. The highest BCUT2D eigenvalue weighted by Gasteiger charge is 2.44. The molecule has 0 spiro atoms. The van der Waals surface area contributed by atoms with Crippen LogP contribution in [0.25, 0.3) is 0 Å². The van der Waals surface area contributed by atoms with Crippen LogP contribution in [-0.4, -0.2) is 25.0 Å². The summed E-state index contributed by atoms with van der Waals surface area (Å²) >= 11 is 0. The zero-order valence-electron chi connectivity index (χ0n) is 5.54. The average Bonchev–Trinajstić information content (AvgIpc) is 1.84. The van der Waals surface area contributed by atoms with Gasteiger partial charge in [-0.25, -0.2) is 0 Å². The maximum Gasteiger partial charge on any atom is 0.522 e. The van der Waals surface area contributed by atoms with Crippen LogP contribution in [0.3, 0.4) is 0 Å². The molecule has 5 nitrogen and oxygen atoms in total. The molecule has 0 saturated carbocycles. The minimum Gasteiger partial charge on any atom is -0.318 e. The lowest BCUT2D eigenvalue weighted by Gasteiger charge is -1.97. The molecule has 0 radical (unpaired) electrons. The molecule has 9 heteroatoms. The average molecular weight is 206 g/mol. The summed E-state index contributed by atoms with van der Waals surface area (Å²) in [5, 5.41) is 7.50. The Balaban J connectivity index is 0. The normalized spacial score (nSPS) is 11.0. The van der Waals surface area contributed by atoms with Gasteiger partial charge in [0.2, 0.25) is 0 Å². The largest absolute Gasteiger partial charge is 0.522 e. The molecular weight excluding hydrogens is 201 g/mol. The highest BCUT2D eigenvalue weighted by molar-refractivity contribution is 7.86. The minimum atomic E-state index is -5.84. The van der Waals surface area contributed by atoms with E-state index in [0.29, 0.717) is 0 Å². The minimum absolute atomic E-state index is 0.125. The van der Waals surface area contributed by atoms with Crippen molar-refractivity contribution in [3.63, 3.8) is 0 Å². The van der Waals surface area contributed by atoms with E-state index < -0.39 is 15.6 Å². The Morgan fingerprint density at radius 3 is 1.67 bits per heavy atom. The van der Waals surface area contributed by atoms with Gasteiger partial charge in [-0.1, -0.05) is 0 Å². The van der Waals surface area contributed by atoms with Crippen LogP contribution in [0, 0.1) is 11.3 Å². The van der Waals surface area contributed by atoms with Crippen LogP contribution in [0.5, 0.6) is 0 Å². The van der Waals surface area contributed by atoms with Gasteiger partial charge in [0.25, 0.3) is 0 Å². The molecule has 0 fully saturated rings. The van der Waals surface area contributed by atoms with Gasteiger partial charge in [-0.15, -0.1) is 0 Å². The first kappa shape index (κ1) is 13.7. The van der Waals surface area contributed by atoms with Gasteiger partial charge in [-0.2, -0.15) is 26.9 Å². The van der Waals surface area contributed by atoms with Gasteiger partial charge in [0, 0.05) is 0 Å². The third-order valence-corrected chi connectivity index (χ3v) is 0.969. The Labute approximate surface area is 66.3 Å². The van der Waals surface area contributed by atoms with Crippen molar-refractivity contribution in [1.82, 2.24) is 0 Å². The van der Waals surface area contributed by atoms with Crippen molar-refractivity contribution in [2.45, 2.75) is 5.51 Å². The molecule has 0 heterocycles. The molecule has 0 amide bonds. The van der Waals surface area contributed by atoms with E-state index >= 15 is 0 Å². The SMILES string of the molecule is N#CCN.O=S(=O)(O)C(F)(F)F. The highest BCUT2D eigenvalue weighted by atomic mass is 32.2. The molecule has 0 atom stereocenters. The molecule has 0 aromatic carbocycles. The number of alkyl halides is 3. The van der Waals surface area contributed by atoms with E-state index in [-0.39, 0.29) is 6.54 Å². The number of nitriles is 1. The topological polar surface area (TPSA) is 104 Å². The lowest BCUT2D eigenvalue weighted by Crippen LogP contribution is -2.21. The number of nitrogens with two attached hydrogens (primary N) is 1. The summed E-state index contributed by atoms with van der Waals surface area (Å²) in [7, 11) is -5.84. The van der Waals surface area contributed by atoms with E-state index in [1.165, 1.54) is 0 Å². The first-order valence-electron chi connectivity index (χ1n) is 2.27. The molecule has 0 bridgehead atoms. The molecule has 0 aromatic heterocycles. The monoisotopic (exact) mass is 206 g/mol. The van der Waals surface area contributed by atoms with Crippen molar-refractivity contribution in [3.8, 4) is 6.07 Å². The van der Waals surface area contributed by atoms with Gasteiger partial charge in [-0.3, -0.25) is 4.55 Å². The summed E-state index contributed by atoms with van der Waals surface area (Å²) in [5.41, 5.74) is -0.868. The molecule has 0 saturated heterocycles. The predicted molar refractivity (Wildman–Crippen MR) is 32.3 cm³/mol. The Kier molecular flexibility index (Phi) is 5.62. The Morgan fingerprint density at radius 1 is 1.50 bits per heavy atom. The number of nitrogens with zero attached hydrogens (tertiary/aromatic N) is 1. The molecule has 3 N–H and O–H groups in total. The molecule has 12 heavy (non-hydrogen) atoms. The Hall–Kier alpha value is -0.850. The van der Waals surface area contributed by atoms with Crippen LogP contribution in [0.4, 0.5) is 13.2 Å². The Morgan fingerprint density at radius 2 is 1.67 bits per heavy atom. The maximum atomic E-state index is 10.7. The fourth-order valence-corrected chi connectivity index (χ4v) is 0. The van der Waals surface area contributed by atoms with Crippen molar-refractivity contribution in [2.24, 2.45) is 5.73 Å².